The molecule has 7 heteroatoms. The third-order valence-electron chi connectivity index (χ3n) is 3.97. The summed E-state index contributed by atoms with van der Waals surface area (Å²) in [5, 5.41) is 7.23. The van der Waals surface area contributed by atoms with Gasteiger partial charge in [-0.1, -0.05) is 6.92 Å². The number of rotatable bonds is 7. The van der Waals surface area contributed by atoms with E-state index in [1.54, 1.807) is 0 Å². The van der Waals surface area contributed by atoms with E-state index in [4.69, 9.17) is 4.74 Å². The van der Waals surface area contributed by atoms with Gasteiger partial charge < -0.3 is 10.1 Å². The Labute approximate surface area is 146 Å². The van der Waals surface area contributed by atoms with Crippen molar-refractivity contribution >= 4 is 5.91 Å². The lowest BCUT2D eigenvalue weighted by Gasteiger charge is -2.15. The maximum absolute atomic E-state index is 13.6. The molecule has 0 saturated carbocycles. The van der Waals surface area contributed by atoms with Gasteiger partial charge in [0.25, 0.3) is 5.91 Å². The van der Waals surface area contributed by atoms with Crippen LogP contribution in [0.25, 0.3) is 0 Å². The fraction of sp³-hybridized carbons (Fsp3) is 0.444. The van der Waals surface area contributed by atoms with Gasteiger partial charge in [-0.25, -0.2) is 8.78 Å². The molecule has 0 fully saturated rings. The highest BCUT2D eigenvalue weighted by molar-refractivity contribution is 5.80. The number of hydrogen-bond donors (Lipinski definition) is 1. The van der Waals surface area contributed by atoms with Gasteiger partial charge in [0.05, 0.1) is 5.69 Å². The number of amides is 1. The van der Waals surface area contributed by atoms with Crippen molar-refractivity contribution in [3.05, 3.63) is 46.8 Å². The molecule has 0 bridgehead atoms. The van der Waals surface area contributed by atoms with E-state index in [1.807, 2.05) is 18.5 Å². The van der Waals surface area contributed by atoms with Crippen LogP contribution in [-0.2, 0) is 17.9 Å². The minimum absolute atomic E-state index is 0.160. The smallest absolute Gasteiger partial charge is 0.261 e. The second kappa shape index (κ2) is 8.09. The van der Waals surface area contributed by atoms with Crippen molar-refractivity contribution in [1.29, 1.82) is 0 Å². The number of carbonyl (C=O) groups excluding carboxylic acids is 1. The van der Waals surface area contributed by atoms with Crippen molar-refractivity contribution in [2.75, 3.05) is 0 Å². The van der Waals surface area contributed by atoms with E-state index in [1.165, 1.54) is 6.92 Å². The molecule has 1 atom stereocenters. The Morgan fingerprint density at radius 1 is 1.36 bits per heavy atom. The lowest BCUT2D eigenvalue weighted by atomic mass is 10.2. The number of aryl methyl sites for hydroxylation is 2. The Balaban J connectivity index is 1.98. The summed E-state index contributed by atoms with van der Waals surface area (Å²) in [6.07, 6.45) is 0.0632. The average Bonchev–Trinajstić information content (AvgIpc) is 2.82. The number of nitrogens with one attached hydrogen (secondary N) is 1. The summed E-state index contributed by atoms with van der Waals surface area (Å²) in [4.78, 5) is 12.2. The molecule has 0 aliphatic rings. The SMILES string of the molecule is CCCn1nc(C)c(CNC(=O)[C@H](C)Oc2ccc(F)cc2F)c1C. The first-order valence-corrected chi connectivity index (χ1v) is 8.25. The molecule has 0 spiro atoms. The van der Waals surface area contributed by atoms with Crippen LogP contribution in [-0.4, -0.2) is 21.8 Å². The molecule has 1 N–H and O–H groups in total. The minimum atomic E-state index is -0.911. The van der Waals surface area contributed by atoms with Gasteiger partial charge in [-0.05, 0) is 39.3 Å². The summed E-state index contributed by atoms with van der Waals surface area (Å²) < 4.78 is 33.7. The predicted octanol–water partition coefficient (Wildman–Crippen LogP) is 3.27. The molecule has 1 aromatic heterocycles. The zero-order valence-corrected chi connectivity index (χ0v) is 14.9. The summed E-state index contributed by atoms with van der Waals surface area (Å²) in [5.74, 6) is -2.08. The molecule has 0 radical (unpaired) electrons. The van der Waals surface area contributed by atoms with E-state index >= 15 is 0 Å². The quantitative estimate of drug-likeness (QED) is 0.833. The Morgan fingerprint density at radius 3 is 2.72 bits per heavy atom. The Bertz CT molecular complexity index is 759. The van der Waals surface area contributed by atoms with E-state index < -0.39 is 17.7 Å². The first-order valence-electron chi connectivity index (χ1n) is 8.25. The molecule has 0 aliphatic carbocycles. The Morgan fingerprint density at radius 2 is 2.08 bits per heavy atom. The second-order valence-corrected chi connectivity index (χ2v) is 5.93. The molecule has 1 heterocycles. The van der Waals surface area contributed by atoms with E-state index in [-0.39, 0.29) is 11.7 Å². The van der Waals surface area contributed by atoms with Crippen LogP contribution < -0.4 is 10.1 Å². The van der Waals surface area contributed by atoms with Crippen LogP contribution in [0.3, 0.4) is 0 Å². The average molecular weight is 351 g/mol. The highest BCUT2D eigenvalue weighted by atomic mass is 19.1. The maximum Gasteiger partial charge on any atom is 0.261 e. The van der Waals surface area contributed by atoms with Crippen LogP contribution in [0.4, 0.5) is 8.78 Å². The van der Waals surface area contributed by atoms with Gasteiger partial charge in [-0.2, -0.15) is 5.10 Å². The van der Waals surface area contributed by atoms with Gasteiger partial charge in [0.2, 0.25) is 0 Å². The Kier molecular flexibility index (Phi) is 6.12. The molecule has 1 amide bonds. The summed E-state index contributed by atoms with van der Waals surface area (Å²) >= 11 is 0. The molecule has 0 saturated heterocycles. The first-order chi connectivity index (χ1) is 11.8. The lowest BCUT2D eigenvalue weighted by molar-refractivity contribution is -0.127. The number of carbonyl (C=O) groups is 1. The number of hydrogen-bond acceptors (Lipinski definition) is 3. The minimum Gasteiger partial charge on any atom is -0.478 e. The van der Waals surface area contributed by atoms with Gasteiger partial charge in [0.1, 0.15) is 5.82 Å². The van der Waals surface area contributed by atoms with Crippen molar-refractivity contribution in [2.24, 2.45) is 0 Å². The molecule has 25 heavy (non-hydrogen) atoms. The third-order valence-corrected chi connectivity index (χ3v) is 3.97. The number of halogens is 2. The van der Waals surface area contributed by atoms with E-state index in [9.17, 15) is 13.6 Å². The normalized spacial score (nSPS) is 12.1. The van der Waals surface area contributed by atoms with Crippen LogP contribution >= 0.6 is 0 Å². The zero-order chi connectivity index (χ0) is 18.6. The fourth-order valence-electron chi connectivity index (χ4n) is 2.55. The van der Waals surface area contributed by atoms with E-state index in [2.05, 4.69) is 17.3 Å². The molecular weight excluding hydrogens is 328 g/mol. The summed E-state index contributed by atoms with van der Waals surface area (Å²) in [7, 11) is 0. The van der Waals surface area contributed by atoms with Crippen molar-refractivity contribution in [2.45, 2.75) is 53.3 Å². The van der Waals surface area contributed by atoms with Crippen LogP contribution in [0, 0.1) is 25.5 Å². The standard InChI is InChI=1S/C18H23F2N3O2/c1-5-8-23-12(3)15(11(2)22-23)10-21-18(24)13(4)25-17-7-6-14(19)9-16(17)20/h6-7,9,13H,5,8,10H2,1-4H3,(H,21,24)/t13-/m0/s1. The topological polar surface area (TPSA) is 56.2 Å². The van der Waals surface area contributed by atoms with Gasteiger partial charge in [0.15, 0.2) is 17.7 Å². The number of nitrogens with zero attached hydrogens (tertiary/aromatic N) is 2. The van der Waals surface area contributed by atoms with Crippen molar-refractivity contribution in [1.82, 2.24) is 15.1 Å². The highest BCUT2D eigenvalue weighted by Gasteiger charge is 2.18. The lowest BCUT2D eigenvalue weighted by Crippen LogP contribution is -2.36. The molecule has 2 aromatic rings. The maximum atomic E-state index is 13.6. The molecular formula is C18H23F2N3O2. The fourth-order valence-corrected chi connectivity index (χ4v) is 2.55. The monoisotopic (exact) mass is 351 g/mol. The largest absolute Gasteiger partial charge is 0.478 e. The van der Waals surface area contributed by atoms with Gasteiger partial charge in [0, 0.05) is 30.4 Å². The molecule has 0 aliphatic heterocycles. The highest BCUT2D eigenvalue weighted by Crippen LogP contribution is 2.19. The summed E-state index contributed by atoms with van der Waals surface area (Å²) in [6, 6.07) is 2.96. The third kappa shape index (κ3) is 4.55. The van der Waals surface area contributed by atoms with Crippen LogP contribution in [0.1, 0.15) is 37.2 Å². The predicted molar refractivity (Wildman–Crippen MR) is 90.3 cm³/mol. The number of aromatic nitrogens is 2. The second-order valence-electron chi connectivity index (χ2n) is 5.93. The molecule has 5 nitrogen and oxygen atoms in total. The van der Waals surface area contributed by atoms with Crippen molar-refractivity contribution in [3.8, 4) is 5.75 Å². The Hall–Kier alpha value is -2.44. The molecule has 1 aromatic carbocycles. The van der Waals surface area contributed by atoms with Gasteiger partial charge >= 0.3 is 0 Å². The zero-order valence-electron chi connectivity index (χ0n) is 14.9. The van der Waals surface area contributed by atoms with E-state index in [0.29, 0.717) is 6.54 Å². The molecule has 0 unspecified atom stereocenters. The number of benzene rings is 1. The van der Waals surface area contributed by atoms with Crippen molar-refractivity contribution in [3.63, 3.8) is 0 Å². The first kappa shape index (κ1) is 18.9. The molecule has 2 rings (SSSR count). The number of ether oxygens (including phenoxy) is 1. The van der Waals surface area contributed by atoms with E-state index in [0.717, 1.165) is 48.1 Å². The van der Waals surface area contributed by atoms with Crippen LogP contribution in [0.2, 0.25) is 0 Å². The van der Waals surface area contributed by atoms with Crippen molar-refractivity contribution < 1.29 is 18.3 Å². The molecule has 136 valence electrons. The summed E-state index contributed by atoms with van der Waals surface area (Å²) in [5.41, 5.74) is 2.84. The van der Waals surface area contributed by atoms with Gasteiger partial charge in [-0.3, -0.25) is 9.48 Å². The summed E-state index contributed by atoms with van der Waals surface area (Å²) in [6.45, 7) is 8.59. The van der Waals surface area contributed by atoms with Crippen LogP contribution in [0.5, 0.6) is 5.75 Å². The van der Waals surface area contributed by atoms with Gasteiger partial charge in [-0.15, -0.1) is 0 Å². The van der Waals surface area contributed by atoms with Crippen LogP contribution in [0.15, 0.2) is 18.2 Å².